The van der Waals surface area contributed by atoms with Gasteiger partial charge in [0.05, 0.1) is 0 Å². The van der Waals surface area contributed by atoms with Crippen molar-refractivity contribution in [2.75, 3.05) is 0 Å². The second-order valence-electron chi connectivity index (χ2n) is 4.92. The van der Waals surface area contributed by atoms with Crippen molar-refractivity contribution in [3.8, 4) is 0 Å². The number of nitrogens with two attached hydrogens (primary N) is 1. The molecule has 1 aromatic rings. The summed E-state index contributed by atoms with van der Waals surface area (Å²) in [7, 11) is 0. The van der Waals surface area contributed by atoms with Crippen molar-refractivity contribution in [2.45, 2.75) is 33.2 Å². The fraction of sp³-hybridized carbons (Fsp3) is 0.500. The first-order valence-electron chi connectivity index (χ1n) is 4.89. The molecule has 0 spiro atoms. The summed E-state index contributed by atoms with van der Waals surface area (Å²) < 4.78 is 1.26. The number of benzene rings is 1. The first-order chi connectivity index (χ1) is 6.38. The van der Waals surface area contributed by atoms with E-state index in [1.165, 1.54) is 9.13 Å². The average Bonchev–Trinajstić information content (AvgIpc) is 2.02. The molecule has 0 amide bonds. The molecular formula is C12H18IN. The van der Waals surface area contributed by atoms with Gasteiger partial charge in [-0.25, -0.2) is 0 Å². The van der Waals surface area contributed by atoms with E-state index in [9.17, 15) is 0 Å². The molecule has 2 heteroatoms. The van der Waals surface area contributed by atoms with Crippen LogP contribution in [0.25, 0.3) is 0 Å². The minimum atomic E-state index is 0.159. The van der Waals surface area contributed by atoms with E-state index in [0.717, 1.165) is 6.42 Å². The van der Waals surface area contributed by atoms with Crippen LogP contribution in [0.15, 0.2) is 24.3 Å². The Bertz CT molecular complexity index is 284. The summed E-state index contributed by atoms with van der Waals surface area (Å²) in [4.78, 5) is 0. The quantitative estimate of drug-likeness (QED) is 0.828. The van der Waals surface area contributed by atoms with Crippen molar-refractivity contribution in [3.63, 3.8) is 0 Å². The van der Waals surface area contributed by atoms with Crippen LogP contribution in [-0.4, -0.2) is 0 Å². The molecule has 0 aliphatic rings. The highest BCUT2D eigenvalue weighted by molar-refractivity contribution is 14.1. The van der Waals surface area contributed by atoms with E-state index in [2.05, 4.69) is 67.6 Å². The minimum absolute atomic E-state index is 0.159. The van der Waals surface area contributed by atoms with Gasteiger partial charge in [0.15, 0.2) is 0 Å². The summed E-state index contributed by atoms with van der Waals surface area (Å²) in [6, 6.07) is 8.62. The Morgan fingerprint density at radius 3 is 2.14 bits per heavy atom. The lowest BCUT2D eigenvalue weighted by molar-refractivity contribution is 0.343. The zero-order chi connectivity index (χ0) is 10.8. The Morgan fingerprint density at radius 1 is 1.21 bits per heavy atom. The Hall–Kier alpha value is -0.0900. The molecule has 0 aromatic heterocycles. The third kappa shape index (κ3) is 3.96. The fourth-order valence-corrected chi connectivity index (χ4v) is 1.85. The van der Waals surface area contributed by atoms with Crippen LogP contribution < -0.4 is 5.73 Å². The number of rotatable bonds is 2. The largest absolute Gasteiger partial charge is 0.324 e. The molecule has 0 aliphatic heterocycles. The van der Waals surface area contributed by atoms with Crippen molar-refractivity contribution < 1.29 is 0 Å². The molecule has 1 atom stereocenters. The SMILES string of the molecule is CC(C)(C)CC(N)c1ccc(I)cc1. The third-order valence-corrected chi connectivity index (χ3v) is 2.85. The van der Waals surface area contributed by atoms with Gasteiger partial charge in [-0.15, -0.1) is 0 Å². The Morgan fingerprint density at radius 2 is 1.71 bits per heavy atom. The molecule has 0 saturated carbocycles. The van der Waals surface area contributed by atoms with Crippen LogP contribution in [0.3, 0.4) is 0 Å². The first-order valence-corrected chi connectivity index (χ1v) is 5.97. The van der Waals surface area contributed by atoms with Gasteiger partial charge in [-0.2, -0.15) is 0 Å². The fourth-order valence-electron chi connectivity index (χ4n) is 1.49. The average molecular weight is 303 g/mol. The molecular weight excluding hydrogens is 285 g/mol. The Kier molecular flexibility index (Phi) is 3.95. The monoisotopic (exact) mass is 303 g/mol. The lowest BCUT2D eigenvalue weighted by atomic mass is 9.86. The van der Waals surface area contributed by atoms with Crippen LogP contribution >= 0.6 is 22.6 Å². The summed E-state index contributed by atoms with van der Waals surface area (Å²) in [5.74, 6) is 0. The molecule has 0 saturated heterocycles. The highest BCUT2D eigenvalue weighted by Crippen LogP contribution is 2.27. The zero-order valence-corrected chi connectivity index (χ0v) is 11.2. The van der Waals surface area contributed by atoms with E-state index in [0.29, 0.717) is 5.41 Å². The molecule has 0 heterocycles. The second-order valence-corrected chi connectivity index (χ2v) is 6.17. The van der Waals surface area contributed by atoms with Gasteiger partial charge in [-0.05, 0) is 52.1 Å². The van der Waals surface area contributed by atoms with Gasteiger partial charge in [0, 0.05) is 9.61 Å². The summed E-state index contributed by atoms with van der Waals surface area (Å²) in [5, 5.41) is 0. The van der Waals surface area contributed by atoms with Crippen LogP contribution in [0.5, 0.6) is 0 Å². The molecule has 14 heavy (non-hydrogen) atoms. The van der Waals surface area contributed by atoms with Crippen LogP contribution in [0.1, 0.15) is 38.8 Å². The molecule has 0 radical (unpaired) electrons. The molecule has 1 aromatic carbocycles. The number of hydrogen-bond acceptors (Lipinski definition) is 1. The highest BCUT2D eigenvalue weighted by atomic mass is 127. The van der Waals surface area contributed by atoms with Crippen LogP contribution in [0.2, 0.25) is 0 Å². The topological polar surface area (TPSA) is 26.0 Å². The first kappa shape index (κ1) is 12.0. The summed E-state index contributed by atoms with van der Waals surface area (Å²) >= 11 is 2.31. The molecule has 1 unspecified atom stereocenters. The van der Waals surface area contributed by atoms with Gasteiger partial charge in [0.1, 0.15) is 0 Å². The lowest BCUT2D eigenvalue weighted by Crippen LogP contribution is -2.18. The molecule has 78 valence electrons. The van der Waals surface area contributed by atoms with Crippen LogP contribution in [0, 0.1) is 8.99 Å². The van der Waals surface area contributed by atoms with Crippen LogP contribution in [0.4, 0.5) is 0 Å². The molecule has 1 rings (SSSR count). The molecule has 1 nitrogen and oxygen atoms in total. The van der Waals surface area contributed by atoms with Gasteiger partial charge in [-0.1, -0.05) is 32.9 Å². The summed E-state index contributed by atoms with van der Waals surface area (Å²) in [5.41, 5.74) is 7.66. The van der Waals surface area contributed by atoms with E-state index in [1.807, 2.05) is 0 Å². The second kappa shape index (κ2) is 4.62. The molecule has 0 aliphatic carbocycles. The van der Waals surface area contributed by atoms with Crippen molar-refractivity contribution in [1.29, 1.82) is 0 Å². The maximum Gasteiger partial charge on any atom is 0.0299 e. The Balaban J connectivity index is 2.70. The van der Waals surface area contributed by atoms with E-state index in [-0.39, 0.29) is 6.04 Å². The molecule has 2 N–H and O–H groups in total. The van der Waals surface area contributed by atoms with Gasteiger partial charge in [0.2, 0.25) is 0 Å². The zero-order valence-electron chi connectivity index (χ0n) is 9.05. The summed E-state index contributed by atoms with van der Waals surface area (Å²) in [6.07, 6.45) is 1.02. The standard InChI is InChI=1S/C12H18IN/c1-12(2,3)8-11(14)9-4-6-10(13)7-5-9/h4-7,11H,8,14H2,1-3H3. The van der Waals surface area contributed by atoms with E-state index in [4.69, 9.17) is 5.73 Å². The number of hydrogen-bond donors (Lipinski definition) is 1. The van der Waals surface area contributed by atoms with E-state index < -0.39 is 0 Å². The molecule has 0 fully saturated rings. The van der Waals surface area contributed by atoms with Crippen LogP contribution in [-0.2, 0) is 0 Å². The van der Waals surface area contributed by atoms with Gasteiger partial charge in [-0.3, -0.25) is 0 Å². The highest BCUT2D eigenvalue weighted by Gasteiger charge is 2.16. The third-order valence-electron chi connectivity index (χ3n) is 2.13. The maximum atomic E-state index is 6.13. The van der Waals surface area contributed by atoms with Gasteiger partial charge < -0.3 is 5.73 Å². The van der Waals surface area contributed by atoms with Gasteiger partial charge >= 0.3 is 0 Å². The molecule has 0 bridgehead atoms. The minimum Gasteiger partial charge on any atom is -0.324 e. The van der Waals surface area contributed by atoms with Crippen molar-refractivity contribution in [1.82, 2.24) is 0 Å². The van der Waals surface area contributed by atoms with Crippen molar-refractivity contribution >= 4 is 22.6 Å². The number of halogens is 1. The lowest BCUT2D eigenvalue weighted by Gasteiger charge is -2.23. The van der Waals surface area contributed by atoms with E-state index >= 15 is 0 Å². The smallest absolute Gasteiger partial charge is 0.0299 e. The summed E-state index contributed by atoms with van der Waals surface area (Å²) in [6.45, 7) is 6.67. The van der Waals surface area contributed by atoms with Gasteiger partial charge in [0.25, 0.3) is 0 Å². The van der Waals surface area contributed by atoms with Crippen molar-refractivity contribution in [2.24, 2.45) is 11.1 Å². The van der Waals surface area contributed by atoms with E-state index in [1.54, 1.807) is 0 Å². The maximum absolute atomic E-state index is 6.13. The predicted octanol–water partition coefficient (Wildman–Crippen LogP) is 3.73. The normalized spacial score (nSPS) is 14.1. The van der Waals surface area contributed by atoms with Crippen molar-refractivity contribution in [3.05, 3.63) is 33.4 Å². The Labute approximate surface area is 100 Å². The predicted molar refractivity (Wildman–Crippen MR) is 70.2 cm³/mol.